The van der Waals surface area contributed by atoms with Crippen LogP contribution in [0.3, 0.4) is 0 Å². The Kier molecular flexibility index (Phi) is 4.40. The Hall–Kier alpha value is -2.25. The van der Waals surface area contributed by atoms with Gasteiger partial charge in [0.15, 0.2) is 0 Å². The fraction of sp³-hybridized carbons (Fsp3) is 0.375. The van der Waals surface area contributed by atoms with Gasteiger partial charge in [-0.1, -0.05) is 0 Å². The summed E-state index contributed by atoms with van der Waals surface area (Å²) in [7, 11) is 1.77. The quantitative estimate of drug-likeness (QED) is 0.868. The van der Waals surface area contributed by atoms with Crippen LogP contribution < -0.4 is 11.1 Å². The first-order valence-corrected chi connectivity index (χ1v) is 7.56. The van der Waals surface area contributed by atoms with Crippen LogP contribution in [0.4, 0.5) is 4.39 Å². The van der Waals surface area contributed by atoms with Crippen molar-refractivity contribution in [3.05, 3.63) is 48.0 Å². The summed E-state index contributed by atoms with van der Waals surface area (Å²) in [5, 5.41) is 7.40. The van der Waals surface area contributed by atoms with Crippen LogP contribution in [0.15, 0.2) is 36.7 Å². The molecular formula is C16H20FN5O. The van der Waals surface area contributed by atoms with E-state index in [0.29, 0.717) is 19.5 Å². The maximum Gasteiger partial charge on any atom is 0.239 e. The number of hydrogen-bond donors (Lipinski definition) is 2. The third kappa shape index (κ3) is 3.57. The number of amides is 1. The van der Waals surface area contributed by atoms with Crippen molar-refractivity contribution in [1.82, 2.24) is 20.0 Å². The van der Waals surface area contributed by atoms with E-state index in [-0.39, 0.29) is 23.8 Å². The van der Waals surface area contributed by atoms with Crippen LogP contribution >= 0.6 is 0 Å². The molecule has 3 N–H and O–H groups in total. The molecule has 23 heavy (non-hydrogen) atoms. The monoisotopic (exact) mass is 317 g/mol. The van der Waals surface area contributed by atoms with Gasteiger partial charge >= 0.3 is 0 Å². The molecule has 0 aliphatic carbocycles. The Morgan fingerprint density at radius 3 is 2.87 bits per heavy atom. The van der Waals surface area contributed by atoms with Gasteiger partial charge in [-0.15, -0.1) is 0 Å². The second kappa shape index (κ2) is 6.47. The van der Waals surface area contributed by atoms with Gasteiger partial charge in [0, 0.05) is 37.9 Å². The molecule has 6 nitrogen and oxygen atoms in total. The summed E-state index contributed by atoms with van der Waals surface area (Å²) in [6.45, 7) is 1.14. The summed E-state index contributed by atoms with van der Waals surface area (Å²) < 4.78 is 14.6. The van der Waals surface area contributed by atoms with Crippen LogP contribution in [-0.4, -0.2) is 46.3 Å². The van der Waals surface area contributed by atoms with Crippen LogP contribution in [0.2, 0.25) is 0 Å². The fourth-order valence-corrected chi connectivity index (χ4v) is 2.75. The van der Waals surface area contributed by atoms with E-state index in [1.165, 1.54) is 12.1 Å². The molecule has 0 unspecified atom stereocenters. The van der Waals surface area contributed by atoms with Crippen molar-refractivity contribution in [2.24, 2.45) is 5.73 Å². The Bertz CT molecular complexity index is 684. The minimum atomic E-state index is -0.284. The molecule has 1 aromatic carbocycles. The summed E-state index contributed by atoms with van der Waals surface area (Å²) in [5.41, 5.74) is 7.50. The van der Waals surface area contributed by atoms with Crippen molar-refractivity contribution in [3.8, 4) is 5.69 Å². The second-order valence-corrected chi connectivity index (χ2v) is 5.92. The van der Waals surface area contributed by atoms with Crippen LogP contribution in [0.25, 0.3) is 5.69 Å². The highest BCUT2D eigenvalue weighted by Gasteiger charge is 2.29. The molecule has 7 heteroatoms. The minimum absolute atomic E-state index is 0.0347. The number of halogens is 1. The molecule has 0 radical (unpaired) electrons. The Labute approximate surface area is 134 Å². The van der Waals surface area contributed by atoms with Crippen molar-refractivity contribution in [1.29, 1.82) is 0 Å². The standard InChI is InChI=1S/C16H20FN5O/c1-21(16(23)15-6-13(18)8-19-15)9-11-7-20-22(10-11)14-4-2-12(17)3-5-14/h2-5,7,10,13,15,19H,6,8-9,18H2,1H3/t13-,15+/m1/s1. The molecule has 122 valence electrons. The number of likely N-dealkylation sites (N-methyl/N-ethyl adjacent to an activating group) is 1. The zero-order chi connectivity index (χ0) is 16.4. The largest absolute Gasteiger partial charge is 0.340 e. The summed E-state index contributed by atoms with van der Waals surface area (Å²) in [6.07, 6.45) is 4.21. The highest BCUT2D eigenvalue weighted by atomic mass is 19.1. The molecule has 1 aliphatic rings. The Morgan fingerprint density at radius 1 is 1.48 bits per heavy atom. The van der Waals surface area contributed by atoms with E-state index >= 15 is 0 Å². The molecule has 1 fully saturated rings. The molecule has 1 amide bonds. The molecule has 3 rings (SSSR count). The average Bonchev–Trinajstić information content (AvgIpc) is 3.16. The predicted octanol–water partition coefficient (Wildman–Crippen LogP) is 0.659. The first-order valence-electron chi connectivity index (χ1n) is 7.56. The lowest BCUT2D eigenvalue weighted by Gasteiger charge is -2.20. The summed E-state index contributed by atoms with van der Waals surface area (Å²) in [6, 6.07) is 5.93. The molecule has 1 saturated heterocycles. The lowest BCUT2D eigenvalue weighted by atomic mass is 10.1. The van der Waals surface area contributed by atoms with Crippen molar-refractivity contribution < 1.29 is 9.18 Å². The normalized spacial score (nSPS) is 20.7. The van der Waals surface area contributed by atoms with Crippen LogP contribution in [-0.2, 0) is 11.3 Å². The zero-order valence-electron chi connectivity index (χ0n) is 12.9. The first kappa shape index (κ1) is 15.6. The van der Waals surface area contributed by atoms with E-state index in [1.54, 1.807) is 35.0 Å². The van der Waals surface area contributed by atoms with E-state index < -0.39 is 0 Å². The number of hydrogen-bond acceptors (Lipinski definition) is 4. The molecule has 0 spiro atoms. The maximum absolute atomic E-state index is 13.0. The van der Waals surface area contributed by atoms with Gasteiger partial charge in [-0.3, -0.25) is 4.79 Å². The van der Waals surface area contributed by atoms with Crippen LogP contribution in [0, 0.1) is 5.82 Å². The topological polar surface area (TPSA) is 76.2 Å². The molecule has 2 heterocycles. The molecular weight excluding hydrogens is 297 g/mol. The summed E-state index contributed by atoms with van der Waals surface area (Å²) in [4.78, 5) is 14.0. The molecule has 1 aromatic heterocycles. The fourth-order valence-electron chi connectivity index (χ4n) is 2.75. The van der Waals surface area contributed by atoms with E-state index in [1.807, 2.05) is 6.20 Å². The summed E-state index contributed by atoms with van der Waals surface area (Å²) in [5.74, 6) is -0.249. The van der Waals surface area contributed by atoms with Crippen molar-refractivity contribution in [2.45, 2.75) is 25.0 Å². The van der Waals surface area contributed by atoms with Crippen molar-refractivity contribution in [3.63, 3.8) is 0 Å². The highest BCUT2D eigenvalue weighted by molar-refractivity contribution is 5.82. The SMILES string of the molecule is CN(Cc1cnn(-c2ccc(F)cc2)c1)C(=O)[C@@H]1C[C@@H](N)CN1. The molecule has 0 bridgehead atoms. The van der Waals surface area contributed by atoms with Gasteiger partial charge in [-0.2, -0.15) is 5.10 Å². The number of benzene rings is 1. The molecule has 2 atom stereocenters. The second-order valence-electron chi connectivity index (χ2n) is 5.92. The van der Waals surface area contributed by atoms with Crippen LogP contribution in [0.5, 0.6) is 0 Å². The number of rotatable bonds is 4. The van der Waals surface area contributed by atoms with Crippen molar-refractivity contribution >= 4 is 5.91 Å². The van der Waals surface area contributed by atoms with Gasteiger partial charge in [0.05, 0.1) is 17.9 Å². The molecule has 0 saturated carbocycles. The summed E-state index contributed by atoms with van der Waals surface area (Å²) >= 11 is 0. The van der Waals surface area contributed by atoms with Crippen molar-refractivity contribution in [2.75, 3.05) is 13.6 Å². The predicted molar refractivity (Wildman–Crippen MR) is 84.4 cm³/mol. The zero-order valence-corrected chi connectivity index (χ0v) is 12.9. The smallest absolute Gasteiger partial charge is 0.239 e. The maximum atomic E-state index is 13.0. The lowest BCUT2D eigenvalue weighted by Crippen LogP contribution is -2.41. The van der Waals surface area contributed by atoms with E-state index in [9.17, 15) is 9.18 Å². The van der Waals surface area contributed by atoms with Gasteiger partial charge in [0.25, 0.3) is 0 Å². The number of nitrogens with zero attached hydrogens (tertiary/aromatic N) is 3. The number of carbonyl (C=O) groups excluding carboxylic acids is 1. The molecule has 2 aromatic rings. The number of nitrogens with one attached hydrogen (secondary N) is 1. The van der Waals surface area contributed by atoms with E-state index in [4.69, 9.17) is 5.73 Å². The third-order valence-corrected chi connectivity index (χ3v) is 3.99. The number of carbonyl (C=O) groups is 1. The highest BCUT2D eigenvalue weighted by Crippen LogP contribution is 2.13. The molecule has 1 aliphatic heterocycles. The van der Waals surface area contributed by atoms with Crippen LogP contribution in [0.1, 0.15) is 12.0 Å². The van der Waals surface area contributed by atoms with Gasteiger partial charge in [0.2, 0.25) is 5.91 Å². The minimum Gasteiger partial charge on any atom is -0.340 e. The van der Waals surface area contributed by atoms with Gasteiger partial charge in [0.1, 0.15) is 5.82 Å². The number of aromatic nitrogens is 2. The van der Waals surface area contributed by atoms with Gasteiger partial charge < -0.3 is 16.0 Å². The van der Waals surface area contributed by atoms with E-state index in [2.05, 4.69) is 10.4 Å². The lowest BCUT2D eigenvalue weighted by molar-refractivity contribution is -0.132. The van der Waals surface area contributed by atoms with Gasteiger partial charge in [-0.05, 0) is 30.7 Å². The average molecular weight is 317 g/mol. The Balaban J connectivity index is 1.64. The van der Waals surface area contributed by atoms with Gasteiger partial charge in [-0.25, -0.2) is 9.07 Å². The Morgan fingerprint density at radius 2 is 2.22 bits per heavy atom. The van der Waals surface area contributed by atoms with E-state index in [0.717, 1.165) is 11.3 Å². The number of nitrogens with two attached hydrogens (primary N) is 1. The first-order chi connectivity index (χ1) is 11.0. The third-order valence-electron chi connectivity index (χ3n) is 3.99.